The van der Waals surface area contributed by atoms with Crippen LogP contribution in [0.5, 0.6) is 0 Å². The molecule has 0 saturated carbocycles. The molecule has 1 fully saturated rings. The summed E-state index contributed by atoms with van der Waals surface area (Å²) in [5.74, 6) is -0.0477. The second kappa shape index (κ2) is 4.26. The molecule has 1 heterocycles. The van der Waals surface area contributed by atoms with E-state index in [0.29, 0.717) is 25.9 Å². The quantitative estimate of drug-likeness (QED) is 0.724. The van der Waals surface area contributed by atoms with E-state index in [0.717, 1.165) is 0 Å². The van der Waals surface area contributed by atoms with E-state index in [2.05, 4.69) is 0 Å². The van der Waals surface area contributed by atoms with Crippen LogP contribution in [0.1, 0.15) is 26.7 Å². The van der Waals surface area contributed by atoms with Gasteiger partial charge in [-0.3, -0.25) is 4.79 Å². The molecule has 1 aliphatic heterocycles. The van der Waals surface area contributed by atoms with E-state index < -0.39 is 5.67 Å². The van der Waals surface area contributed by atoms with E-state index in [4.69, 9.17) is 5.73 Å². The average molecular weight is 202 g/mol. The molecule has 0 aromatic heterocycles. The summed E-state index contributed by atoms with van der Waals surface area (Å²) in [5, 5.41) is 0. The van der Waals surface area contributed by atoms with Crippen molar-refractivity contribution in [3.63, 3.8) is 0 Å². The molecule has 0 spiro atoms. The Kier molecular flexibility index (Phi) is 3.48. The lowest BCUT2D eigenvalue weighted by Gasteiger charge is -2.38. The Bertz CT molecular complexity index is 210. The Hall–Kier alpha value is -0.640. The van der Waals surface area contributed by atoms with Gasteiger partial charge in [-0.05, 0) is 18.8 Å². The number of carbonyl (C=O) groups is 1. The highest BCUT2D eigenvalue weighted by Gasteiger charge is 2.38. The minimum absolute atomic E-state index is 0.0256. The molecule has 2 N–H and O–H groups in total. The monoisotopic (exact) mass is 202 g/mol. The average Bonchev–Trinajstić information content (AvgIpc) is 2.17. The zero-order chi connectivity index (χ0) is 10.8. The molecule has 0 atom stereocenters. The van der Waals surface area contributed by atoms with Gasteiger partial charge in [0.15, 0.2) is 0 Å². The van der Waals surface area contributed by atoms with Crippen LogP contribution in [0.3, 0.4) is 0 Å². The summed E-state index contributed by atoms with van der Waals surface area (Å²) in [6.07, 6.45) is 0.882. The molecule has 0 bridgehead atoms. The standard InChI is InChI=1S/C10H19FN2O/c1-8(2)10(11)3-5-13(6-4-10)9(14)7-12/h8H,3-7,12H2,1-2H3. The van der Waals surface area contributed by atoms with Crippen LogP contribution in [0.4, 0.5) is 4.39 Å². The second-order valence-electron chi connectivity index (χ2n) is 4.27. The lowest BCUT2D eigenvalue weighted by Crippen LogP contribution is -2.48. The number of hydrogen-bond acceptors (Lipinski definition) is 2. The molecule has 4 heteroatoms. The predicted molar refractivity (Wildman–Crippen MR) is 53.5 cm³/mol. The predicted octanol–water partition coefficient (Wildman–Crippen LogP) is 0.932. The van der Waals surface area contributed by atoms with Crippen LogP contribution in [0.15, 0.2) is 0 Å². The van der Waals surface area contributed by atoms with Gasteiger partial charge in [-0.25, -0.2) is 4.39 Å². The molecule has 3 nitrogen and oxygen atoms in total. The van der Waals surface area contributed by atoms with Gasteiger partial charge in [-0.15, -0.1) is 0 Å². The van der Waals surface area contributed by atoms with Crippen molar-refractivity contribution in [2.24, 2.45) is 11.7 Å². The number of amides is 1. The van der Waals surface area contributed by atoms with Gasteiger partial charge in [0, 0.05) is 13.1 Å². The van der Waals surface area contributed by atoms with Gasteiger partial charge in [0.1, 0.15) is 5.67 Å². The smallest absolute Gasteiger partial charge is 0.236 e. The molecule has 82 valence electrons. The lowest BCUT2D eigenvalue weighted by molar-refractivity contribution is -0.132. The van der Waals surface area contributed by atoms with E-state index in [1.807, 2.05) is 13.8 Å². The third-order valence-corrected chi connectivity index (χ3v) is 3.16. The summed E-state index contributed by atoms with van der Waals surface area (Å²) in [5.41, 5.74) is 4.15. The molecule has 14 heavy (non-hydrogen) atoms. The summed E-state index contributed by atoms with van der Waals surface area (Å²) < 4.78 is 14.1. The number of carbonyl (C=O) groups excluding carboxylic acids is 1. The number of nitrogens with zero attached hydrogens (tertiary/aromatic N) is 1. The van der Waals surface area contributed by atoms with Crippen LogP contribution in [-0.2, 0) is 4.79 Å². The SMILES string of the molecule is CC(C)C1(F)CCN(C(=O)CN)CC1. The Balaban J connectivity index is 2.49. The third kappa shape index (κ3) is 2.23. The first-order valence-corrected chi connectivity index (χ1v) is 5.16. The number of likely N-dealkylation sites (tertiary alicyclic amines) is 1. The van der Waals surface area contributed by atoms with E-state index in [9.17, 15) is 9.18 Å². The van der Waals surface area contributed by atoms with Crippen LogP contribution in [-0.4, -0.2) is 36.1 Å². The van der Waals surface area contributed by atoms with Crippen molar-refractivity contribution in [2.75, 3.05) is 19.6 Å². The van der Waals surface area contributed by atoms with Crippen molar-refractivity contribution in [2.45, 2.75) is 32.4 Å². The number of nitrogens with two attached hydrogens (primary N) is 1. The fraction of sp³-hybridized carbons (Fsp3) is 0.900. The Morgan fingerprint density at radius 3 is 2.36 bits per heavy atom. The fourth-order valence-corrected chi connectivity index (χ4v) is 1.83. The molecule has 1 rings (SSSR count). The number of piperidine rings is 1. The molecule has 0 aliphatic carbocycles. The van der Waals surface area contributed by atoms with Crippen molar-refractivity contribution in [1.29, 1.82) is 0 Å². The maximum atomic E-state index is 14.1. The van der Waals surface area contributed by atoms with Gasteiger partial charge in [-0.1, -0.05) is 13.8 Å². The van der Waals surface area contributed by atoms with Crippen molar-refractivity contribution in [3.05, 3.63) is 0 Å². The van der Waals surface area contributed by atoms with Crippen molar-refractivity contribution in [3.8, 4) is 0 Å². The van der Waals surface area contributed by atoms with Crippen molar-refractivity contribution in [1.82, 2.24) is 4.90 Å². The zero-order valence-corrected chi connectivity index (χ0v) is 8.92. The summed E-state index contributed by atoms with van der Waals surface area (Å²) >= 11 is 0. The molecule has 0 aromatic carbocycles. The number of alkyl halides is 1. The third-order valence-electron chi connectivity index (χ3n) is 3.16. The fourth-order valence-electron chi connectivity index (χ4n) is 1.83. The van der Waals surface area contributed by atoms with Crippen LogP contribution >= 0.6 is 0 Å². The first-order chi connectivity index (χ1) is 6.49. The molecule has 1 saturated heterocycles. The van der Waals surface area contributed by atoms with Crippen molar-refractivity contribution < 1.29 is 9.18 Å². The number of halogens is 1. The largest absolute Gasteiger partial charge is 0.341 e. The molecule has 0 radical (unpaired) electrons. The van der Waals surface area contributed by atoms with Gasteiger partial charge in [0.25, 0.3) is 0 Å². The van der Waals surface area contributed by atoms with Crippen molar-refractivity contribution >= 4 is 5.91 Å². The van der Waals surface area contributed by atoms with E-state index in [1.165, 1.54) is 0 Å². The first kappa shape index (κ1) is 11.4. The van der Waals surface area contributed by atoms with E-state index in [1.54, 1.807) is 4.90 Å². The highest BCUT2D eigenvalue weighted by molar-refractivity contribution is 5.78. The number of hydrogen-bond donors (Lipinski definition) is 1. The minimum atomic E-state index is -1.09. The zero-order valence-electron chi connectivity index (χ0n) is 8.92. The Labute approximate surface area is 84.4 Å². The Morgan fingerprint density at radius 1 is 1.50 bits per heavy atom. The molecule has 0 unspecified atom stereocenters. The number of rotatable bonds is 2. The molecule has 0 aromatic rings. The van der Waals surface area contributed by atoms with Crippen LogP contribution < -0.4 is 5.73 Å². The molecular weight excluding hydrogens is 183 g/mol. The van der Waals surface area contributed by atoms with Gasteiger partial charge in [-0.2, -0.15) is 0 Å². The second-order valence-corrected chi connectivity index (χ2v) is 4.27. The molecular formula is C10H19FN2O. The van der Waals surface area contributed by atoms with Crippen LogP contribution in [0.25, 0.3) is 0 Å². The van der Waals surface area contributed by atoms with Gasteiger partial charge >= 0.3 is 0 Å². The molecule has 1 aliphatic rings. The van der Waals surface area contributed by atoms with Gasteiger partial charge in [0.05, 0.1) is 6.54 Å². The van der Waals surface area contributed by atoms with Crippen LogP contribution in [0.2, 0.25) is 0 Å². The minimum Gasteiger partial charge on any atom is -0.341 e. The first-order valence-electron chi connectivity index (χ1n) is 5.16. The maximum Gasteiger partial charge on any atom is 0.236 e. The summed E-state index contributed by atoms with van der Waals surface area (Å²) in [4.78, 5) is 12.9. The van der Waals surface area contributed by atoms with Gasteiger partial charge in [0.2, 0.25) is 5.91 Å². The summed E-state index contributed by atoms with van der Waals surface area (Å²) in [6, 6.07) is 0. The topological polar surface area (TPSA) is 46.3 Å². The lowest BCUT2D eigenvalue weighted by atomic mass is 9.83. The normalized spacial score (nSPS) is 21.4. The van der Waals surface area contributed by atoms with E-state index >= 15 is 0 Å². The molecule has 1 amide bonds. The van der Waals surface area contributed by atoms with Crippen LogP contribution in [0, 0.1) is 5.92 Å². The highest BCUT2D eigenvalue weighted by atomic mass is 19.1. The Morgan fingerprint density at radius 2 is 2.00 bits per heavy atom. The van der Waals surface area contributed by atoms with Gasteiger partial charge < -0.3 is 10.6 Å². The maximum absolute atomic E-state index is 14.1. The van der Waals surface area contributed by atoms with E-state index in [-0.39, 0.29) is 18.4 Å². The summed E-state index contributed by atoms with van der Waals surface area (Å²) in [6.45, 7) is 4.82. The summed E-state index contributed by atoms with van der Waals surface area (Å²) in [7, 11) is 0. The highest BCUT2D eigenvalue weighted by Crippen LogP contribution is 2.33.